The molecule has 3 N–H and O–H groups in total. The number of anilines is 1. The normalized spacial score (nSPS) is 11.1. The zero-order chi connectivity index (χ0) is 26.6. The number of nitrogens with one attached hydrogen (secondary N) is 3. The first kappa shape index (κ1) is 25.6. The molecular formula is C25H18ClF3N4O4. The Kier molecular flexibility index (Phi) is 7.35. The number of halogens is 4. The van der Waals surface area contributed by atoms with Crippen molar-refractivity contribution in [3.05, 3.63) is 89.3 Å². The number of benzene rings is 2. The summed E-state index contributed by atoms with van der Waals surface area (Å²) in [4.78, 5) is 30.6. The van der Waals surface area contributed by atoms with Crippen LogP contribution >= 0.6 is 11.6 Å². The average Bonchev–Trinajstić information content (AvgIpc) is 3.36. The number of aromatic amines is 1. The number of H-pyrrole nitrogens is 1. The molecule has 2 amide bonds. The minimum atomic E-state index is -4.65. The molecule has 0 atom stereocenters. The van der Waals surface area contributed by atoms with Gasteiger partial charge in [-0.2, -0.15) is 13.2 Å². The van der Waals surface area contributed by atoms with Gasteiger partial charge in [-0.25, -0.2) is 9.78 Å². The number of carbonyl (C=O) groups is 2. The van der Waals surface area contributed by atoms with E-state index in [0.29, 0.717) is 17.1 Å². The monoisotopic (exact) mass is 530 g/mol. The summed E-state index contributed by atoms with van der Waals surface area (Å²) in [6.45, 7) is 0. The number of alkyl halides is 3. The van der Waals surface area contributed by atoms with Crippen LogP contribution in [0.15, 0.2) is 73.1 Å². The molecule has 12 heteroatoms. The third-order valence-corrected chi connectivity index (χ3v) is 5.32. The largest absolute Gasteiger partial charge is 0.457 e. The van der Waals surface area contributed by atoms with Gasteiger partial charge in [0.25, 0.3) is 5.91 Å². The highest BCUT2D eigenvalue weighted by molar-refractivity contribution is 6.31. The molecule has 0 radical (unpaired) electrons. The van der Waals surface area contributed by atoms with Gasteiger partial charge in [-0.1, -0.05) is 23.7 Å². The van der Waals surface area contributed by atoms with Crippen LogP contribution in [0, 0.1) is 0 Å². The Morgan fingerprint density at radius 2 is 1.73 bits per heavy atom. The van der Waals surface area contributed by atoms with E-state index in [1.54, 1.807) is 42.6 Å². The number of ether oxygens (including phenoxy) is 2. The van der Waals surface area contributed by atoms with E-state index in [-0.39, 0.29) is 17.3 Å². The third kappa shape index (κ3) is 6.39. The van der Waals surface area contributed by atoms with Crippen LogP contribution < -0.4 is 20.1 Å². The minimum Gasteiger partial charge on any atom is -0.457 e. The van der Waals surface area contributed by atoms with E-state index in [9.17, 15) is 22.8 Å². The van der Waals surface area contributed by atoms with Crippen LogP contribution in [0.2, 0.25) is 5.02 Å². The van der Waals surface area contributed by atoms with Crippen molar-refractivity contribution >= 4 is 29.3 Å². The summed E-state index contributed by atoms with van der Waals surface area (Å²) in [5.74, 6) is 0.352. The van der Waals surface area contributed by atoms with E-state index in [1.807, 2.05) is 0 Å². The summed E-state index contributed by atoms with van der Waals surface area (Å²) in [7, 11) is 1.43. The summed E-state index contributed by atoms with van der Waals surface area (Å²) in [6, 6.07) is 14.7. The molecule has 2 heterocycles. The average molecular weight is 531 g/mol. The van der Waals surface area contributed by atoms with E-state index in [4.69, 9.17) is 21.1 Å². The van der Waals surface area contributed by atoms with Gasteiger partial charge in [-0.05, 0) is 53.6 Å². The smallest absolute Gasteiger partial charge is 0.417 e. The number of carbonyl (C=O) groups excluding carboxylic acids is 2. The Morgan fingerprint density at radius 1 is 0.973 bits per heavy atom. The van der Waals surface area contributed by atoms with E-state index >= 15 is 0 Å². The van der Waals surface area contributed by atoms with E-state index in [1.165, 1.54) is 25.4 Å². The Labute approximate surface area is 213 Å². The molecule has 4 rings (SSSR count). The molecule has 4 aromatic rings. The lowest BCUT2D eigenvalue weighted by atomic mass is 10.1. The summed E-state index contributed by atoms with van der Waals surface area (Å²) in [6.07, 6.45) is -2.28. The molecule has 0 aliphatic heterocycles. The number of amides is 2. The molecule has 0 fully saturated rings. The van der Waals surface area contributed by atoms with Gasteiger partial charge < -0.3 is 25.1 Å². The van der Waals surface area contributed by atoms with Crippen molar-refractivity contribution in [2.75, 3.05) is 12.4 Å². The molecule has 0 aliphatic carbocycles. The zero-order valence-electron chi connectivity index (χ0n) is 19.0. The first-order valence-corrected chi connectivity index (χ1v) is 11.0. The second-order valence-corrected chi connectivity index (χ2v) is 7.95. The molecule has 2 aromatic carbocycles. The fourth-order valence-electron chi connectivity index (χ4n) is 3.22. The number of hydrogen-bond acceptors (Lipinski definition) is 5. The highest BCUT2D eigenvalue weighted by atomic mass is 35.5. The maximum absolute atomic E-state index is 13.1. The highest BCUT2D eigenvalue weighted by Crippen LogP contribution is 2.36. The number of pyridine rings is 1. The summed E-state index contributed by atoms with van der Waals surface area (Å²) >= 11 is 5.62. The molecule has 8 nitrogen and oxygen atoms in total. The van der Waals surface area contributed by atoms with Crippen LogP contribution in [-0.4, -0.2) is 29.0 Å². The van der Waals surface area contributed by atoms with E-state index < -0.39 is 28.8 Å². The number of aromatic nitrogens is 2. The lowest BCUT2D eigenvalue weighted by Crippen LogP contribution is -2.22. The lowest BCUT2D eigenvalue weighted by molar-refractivity contribution is -0.137. The van der Waals surface area contributed by atoms with E-state index in [2.05, 4.69) is 20.6 Å². The zero-order valence-corrected chi connectivity index (χ0v) is 19.8. The summed E-state index contributed by atoms with van der Waals surface area (Å²) < 4.78 is 50.0. The molecular weight excluding hydrogens is 513 g/mol. The van der Waals surface area contributed by atoms with Crippen LogP contribution in [0.1, 0.15) is 16.1 Å². The van der Waals surface area contributed by atoms with Gasteiger partial charge in [-0.15, -0.1) is 0 Å². The predicted molar refractivity (Wildman–Crippen MR) is 130 cm³/mol. The number of nitrogens with zero attached hydrogens (tertiary/aromatic N) is 1. The summed E-state index contributed by atoms with van der Waals surface area (Å²) in [5, 5.41) is 4.29. The van der Waals surface area contributed by atoms with Gasteiger partial charge in [-0.3, -0.25) is 4.79 Å². The maximum atomic E-state index is 13.1. The Bertz CT molecular complexity index is 1440. The molecule has 0 spiro atoms. The second-order valence-electron chi connectivity index (χ2n) is 7.54. The van der Waals surface area contributed by atoms with Crippen molar-refractivity contribution in [3.8, 4) is 28.5 Å². The van der Waals surface area contributed by atoms with Crippen LogP contribution in [0.5, 0.6) is 17.4 Å². The number of hydrogen-bond donors (Lipinski definition) is 3. The standard InChI is InChI=1S/C25H18ClF3N4O4/c1-30-24(35)37-22-12-18(8-9-31-22)36-17-5-2-14(3-6-17)15-10-21(32-13-15)23(34)33-16-4-7-20(26)19(11-16)25(27,28)29/h2-13,32H,1H3,(H,30,35)(H,33,34). The van der Waals surface area contributed by atoms with Crippen LogP contribution in [0.4, 0.5) is 23.7 Å². The Hall–Kier alpha value is -4.51. The SMILES string of the molecule is CNC(=O)Oc1cc(Oc2ccc(-c3c[nH]c(C(=O)Nc4ccc(Cl)c(C(F)(F)F)c4)c3)cc2)ccn1. The van der Waals surface area contributed by atoms with Crippen molar-refractivity contribution in [2.24, 2.45) is 0 Å². The van der Waals surface area contributed by atoms with Gasteiger partial charge in [0.1, 0.15) is 17.2 Å². The van der Waals surface area contributed by atoms with Crippen molar-refractivity contribution in [1.29, 1.82) is 0 Å². The van der Waals surface area contributed by atoms with Gasteiger partial charge in [0.15, 0.2) is 0 Å². The lowest BCUT2D eigenvalue weighted by Gasteiger charge is -2.11. The quantitative estimate of drug-likeness (QED) is 0.263. The maximum Gasteiger partial charge on any atom is 0.417 e. The van der Waals surface area contributed by atoms with E-state index in [0.717, 1.165) is 17.7 Å². The topological polar surface area (TPSA) is 105 Å². The fourth-order valence-corrected chi connectivity index (χ4v) is 3.44. The molecule has 37 heavy (non-hydrogen) atoms. The molecule has 0 unspecified atom stereocenters. The molecule has 0 saturated carbocycles. The van der Waals surface area contributed by atoms with Gasteiger partial charge in [0, 0.05) is 31.2 Å². The Morgan fingerprint density at radius 3 is 2.43 bits per heavy atom. The molecule has 0 bridgehead atoms. The molecule has 190 valence electrons. The van der Waals surface area contributed by atoms with Gasteiger partial charge in [0.2, 0.25) is 5.88 Å². The summed E-state index contributed by atoms with van der Waals surface area (Å²) in [5.41, 5.74) is 0.503. The van der Waals surface area contributed by atoms with Crippen LogP contribution in [0.25, 0.3) is 11.1 Å². The fraction of sp³-hybridized carbons (Fsp3) is 0.0800. The van der Waals surface area contributed by atoms with Gasteiger partial charge in [0.05, 0.1) is 10.6 Å². The van der Waals surface area contributed by atoms with Crippen LogP contribution in [0.3, 0.4) is 0 Å². The minimum absolute atomic E-state index is 0.0423. The molecule has 2 aromatic heterocycles. The number of rotatable bonds is 6. The Balaban J connectivity index is 1.42. The molecule has 0 aliphatic rings. The van der Waals surface area contributed by atoms with Crippen molar-refractivity contribution in [2.45, 2.75) is 6.18 Å². The predicted octanol–water partition coefficient (Wildman–Crippen LogP) is 6.51. The van der Waals surface area contributed by atoms with Crippen molar-refractivity contribution in [1.82, 2.24) is 15.3 Å². The van der Waals surface area contributed by atoms with Crippen LogP contribution in [-0.2, 0) is 6.18 Å². The highest BCUT2D eigenvalue weighted by Gasteiger charge is 2.33. The van der Waals surface area contributed by atoms with Crippen molar-refractivity contribution in [3.63, 3.8) is 0 Å². The second kappa shape index (κ2) is 10.6. The first-order chi connectivity index (χ1) is 17.6. The molecule has 0 saturated heterocycles. The first-order valence-electron chi connectivity index (χ1n) is 10.6. The van der Waals surface area contributed by atoms with Gasteiger partial charge >= 0.3 is 12.3 Å². The van der Waals surface area contributed by atoms with Crippen molar-refractivity contribution < 1.29 is 32.2 Å². The third-order valence-electron chi connectivity index (χ3n) is 4.99.